The predicted octanol–water partition coefficient (Wildman–Crippen LogP) is 3.08. The minimum Gasteiger partial charge on any atom is -0.353 e. The maximum Gasteiger partial charge on any atom is 0.241 e. The fourth-order valence-electron chi connectivity index (χ4n) is 3.35. The van der Waals surface area contributed by atoms with E-state index in [2.05, 4.69) is 31.7 Å². The van der Waals surface area contributed by atoms with Gasteiger partial charge in [-0.25, -0.2) is 0 Å². The summed E-state index contributed by atoms with van der Waals surface area (Å²) in [6, 6.07) is 5.96. The number of halogens is 1. The van der Waals surface area contributed by atoms with E-state index in [1.165, 1.54) is 32.1 Å². The van der Waals surface area contributed by atoms with Crippen molar-refractivity contribution in [2.24, 2.45) is 5.92 Å². The molecule has 130 valence electrons. The maximum atomic E-state index is 12.1. The van der Waals surface area contributed by atoms with Gasteiger partial charge in [-0.1, -0.05) is 41.3 Å². The molecule has 2 N–H and O–H groups in total. The SMILES string of the molecule is O=C(Cn1ncc2ccc(Br)cc21)NCCNCC1CCCCC1. The highest BCUT2D eigenvalue weighted by Crippen LogP contribution is 2.22. The van der Waals surface area contributed by atoms with Crippen LogP contribution in [0.1, 0.15) is 32.1 Å². The average molecular weight is 393 g/mol. The molecule has 1 aromatic carbocycles. The number of nitrogens with zero attached hydrogens (tertiary/aromatic N) is 2. The number of aromatic nitrogens is 2. The quantitative estimate of drug-likeness (QED) is 0.711. The molecule has 6 heteroatoms. The summed E-state index contributed by atoms with van der Waals surface area (Å²) in [5.74, 6) is 0.822. The third kappa shape index (κ3) is 4.80. The first kappa shape index (κ1) is 17.4. The second kappa shape index (κ2) is 8.62. The van der Waals surface area contributed by atoms with Crippen LogP contribution in [-0.2, 0) is 11.3 Å². The van der Waals surface area contributed by atoms with Gasteiger partial charge in [-0.15, -0.1) is 0 Å². The number of nitrogens with one attached hydrogen (secondary N) is 2. The van der Waals surface area contributed by atoms with Crippen molar-refractivity contribution in [2.45, 2.75) is 38.6 Å². The molecule has 0 saturated heterocycles. The second-order valence-corrected chi connectivity index (χ2v) is 7.48. The van der Waals surface area contributed by atoms with Crippen LogP contribution in [0.25, 0.3) is 10.9 Å². The van der Waals surface area contributed by atoms with E-state index in [1.807, 2.05) is 18.2 Å². The molecular weight excluding hydrogens is 368 g/mol. The Hall–Kier alpha value is -1.40. The first-order valence-electron chi connectivity index (χ1n) is 8.81. The lowest BCUT2D eigenvalue weighted by molar-refractivity contribution is -0.121. The van der Waals surface area contributed by atoms with E-state index in [9.17, 15) is 4.79 Å². The van der Waals surface area contributed by atoms with Crippen molar-refractivity contribution in [2.75, 3.05) is 19.6 Å². The Morgan fingerprint density at radius 2 is 2.08 bits per heavy atom. The van der Waals surface area contributed by atoms with Crippen molar-refractivity contribution in [3.8, 4) is 0 Å². The molecule has 2 aromatic rings. The minimum absolute atomic E-state index is 0.000517. The molecule has 24 heavy (non-hydrogen) atoms. The van der Waals surface area contributed by atoms with Gasteiger partial charge in [0.2, 0.25) is 5.91 Å². The van der Waals surface area contributed by atoms with Crippen LogP contribution in [0, 0.1) is 5.92 Å². The Morgan fingerprint density at radius 3 is 2.92 bits per heavy atom. The highest BCUT2D eigenvalue weighted by Gasteiger charge is 2.12. The summed E-state index contributed by atoms with van der Waals surface area (Å²) >= 11 is 3.46. The van der Waals surface area contributed by atoms with Gasteiger partial charge in [-0.05, 0) is 37.4 Å². The van der Waals surface area contributed by atoms with Crippen LogP contribution in [0.15, 0.2) is 28.9 Å². The van der Waals surface area contributed by atoms with Crippen molar-refractivity contribution in [1.82, 2.24) is 20.4 Å². The Balaban J connectivity index is 1.38. The summed E-state index contributed by atoms with van der Waals surface area (Å²) in [6.45, 7) is 2.82. The first-order valence-corrected chi connectivity index (χ1v) is 9.60. The zero-order chi connectivity index (χ0) is 16.8. The van der Waals surface area contributed by atoms with Crippen molar-refractivity contribution in [3.05, 3.63) is 28.9 Å². The van der Waals surface area contributed by atoms with Crippen LogP contribution in [-0.4, -0.2) is 35.3 Å². The first-order chi connectivity index (χ1) is 11.7. The van der Waals surface area contributed by atoms with E-state index < -0.39 is 0 Å². The Kier molecular flexibility index (Phi) is 6.26. The Bertz CT molecular complexity index is 679. The van der Waals surface area contributed by atoms with E-state index in [4.69, 9.17) is 0 Å². The van der Waals surface area contributed by atoms with Gasteiger partial charge < -0.3 is 10.6 Å². The number of fused-ring (bicyclic) bond motifs is 1. The third-order valence-corrected chi connectivity index (χ3v) is 5.18. The van der Waals surface area contributed by atoms with Gasteiger partial charge in [-0.2, -0.15) is 5.10 Å². The average Bonchev–Trinajstić information content (AvgIpc) is 2.97. The Labute approximate surface area is 151 Å². The normalized spacial score (nSPS) is 15.7. The molecule has 1 aliphatic rings. The second-order valence-electron chi connectivity index (χ2n) is 6.56. The molecule has 0 bridgehead atoms. The fourth-order valence-corrected chi connectivity index (χ4v) is 3.70. The molecule has 1 fully saturated rings. The molecule has 1 amide bonds. The van der Waals surface area contributed by atoms with Crippen molar-refractivity contribution >= 4 is 32.7 Å². The van der Waals surface area contributed by atoms with Crippen LogP contribution >= 0.6 is 15.9 Å². The van der Waals surface area contributed by atoms with E-state index in [0.717, 1.165) is 34.4 Å². The van der Waals surface area contributed by atoms with E-state index in [-0.39, 0.29) is 12.5 Å². The fraction of sp³-hybridized carbons (Fsp3) is 0.556. The molecule has 1 aromatic heterocycles. The number of hydrogen-bond acceptors (Lipinski definition) is 3. The summed E-state index contributed by atoms with van der Waals surface area (Å²) in [5, 5.41) is 11.8. The predicted molar refractivity (Wildman–Crippen MR) is 99.9 cm³/mol. The van der Waals surface area contributed by atoms with Gasteiger partial charge in [0.25, 0.3) is 0 Å². The highest BCUT2D eigenvalue weighted by atomic mass is 79.9. The number of carbonyl (C=O) groups is 1. The van der Waals surface area contributed by atoms with Crippen LogP contribution in [0.2, 0.25) is 0 Å². The summed E-state index contributed by atoms with van der Waals surface area (Å²) in [6.07, 6.45) is 8.63. The monoisotopic (exact) mass is 392 g/mol. The van der Waals surface area contributed by atoms with E-state index in [1.54, 1.807) is 10.9 Å². The number of hydrogen-bond donors (Lipinski definition) is 2. The molecule has 1 aliphatic carbocycles. The minimum atomic E-state index is -0.000517. The smallest absolute Gasteiger partial charge is 0.241 e. The van der Waals surface area contributed by atoms with Gasteiger partial charge in [0, 0.05) is 22.9 Å². The van der Waals surface area contributed by atoms with Crippen LogP contribution < -0.4 is 10.6 Å². The standard InChI is InChI=1S/C18H25BrN4O/c19-16-7-6-15-12-22-23(17(15)10-16)13-18(24)21-9-8-20-11-14-4-2-1-3-5-14/h6-7,10,12,14,20H,1-5,8-9,11,13H2,(H,21,24). The molecule has 0 aliphatic heterocycles. The number of rotatable bonds is 7. The lowest BCUT2D eigenvalue weighted by Gasteiger charge is -2.21. The molecule has 1 saturated carbocycles. The van der Waals surface area contributed by atoms with Crippen molar-refractivity contribution in [1.29, 1.82) is 0 Å². The summed E-state index contributed by atoms with van der Waals surface area (Å²) in [7, 11) is 0. The van der Waals surface area contributed by atoms with E-state index >= 15 is 0 Å². The third-order valence-electron chi connectivity index (χ3n) is 4.68. The lowest BCUT2D eigenvalue weighted by Crippen LogP contribution is -2.35. The van der Waals surface area contributed by atoms with Gasteiger partial charge in [-0.3, -0.25) is 9.48 Å². The topological polar surface area (TPSA) is 59.0 Å². The molecule has 0 atom stereocenters. The summed E-state index contributed by atoms with van der Waals surface area (Å²) < 4.78 is 2.73. The molecule has 1 heterocycles. The zero-order valence-electron chi connectivity index (χ0n) is 13.9. The molecule has 5 nitrogen and oxygen atoms in total. The molecule has 0 unspecified atom stereocenters. The number of benzene rings is 1. The van der Waals surface area contributed by atoms with Crippen LogP contribution in [0.4, 0.5) is 0 Å². The van der Waals surface area contributed by atoms with Gasteiger partial charge in [0.1, 0.15) is 6.54 Å². The van der Waals surface area contributed by atoms with Gasteiger partial charge in [0.05, 0.1) is 11.7 Å². The largest absolute Gasteiger partial charge is 0.353 e. The summed E-state index contributed by atoms with van der Waals surface area (Å²) in [5.41, 5.74) is 0.968. The molecule has 3 rings (SSSR count). The van der Waals surface area contributed by atoms with Crippen molar-refractivity contribution in [3.63, 3.8) is 0 Å². The Morgan fingerprint density at radius 1 is 1.25 bits per heavy atom. The van der Waals surface area contributed by atoms with Gasteiger partial charge >= 0.3 is 0 Å². The van der Waals surface area contributed by atoms with Gasteiger partial charge in [0.15, 0.2) is 0 Å². The number of carbonyl (C=O) groups excluding carboxylic acids is 1. The lowest BCUT2D eigenvalue weighted by atomic mass is 9.89. The van der Waals surface area contributed by atoms with E-state index in [0.29, 0.717) is 6.54 Å². The van der Waals surface area contributed by atoms with Crippen LogP contribution in [0.5, 0.6) is 0 Å². The molecule has 0 radical (unpaired) electrons. The van der Waals surface area contributed by atoms with Crippen LogP contribution in [0.3, 0.4) is 0 Å². The highest BCUT2D eigenvalue weighted by molar-refractivity contribution is 9.10. The summed E-state index contributed by atoms with van der Waals surface area (Å²) in [4.78, 5) is 12.1. The van der Waals surface area contributed by atoms with Crippen molar-refractivity contribution < 1.29 is 4.79 Å². The zero-order valence-corrected chi connectivity index (χ0v) is 15.5. The molecular formula is C18H25BrN4O. The maximum absolute atomic E-state index is 12.1. The molecule has 0 spiro atoms. The number of amides is 1.